The number of piperidine rings is 1. The molecule has 1 aliphatic rings. The van der Waals surface area contributed by atoms with Crippen molar-refractivity contribution in [2.75, 3.05) is 32.9 Å². The van der Waals surface area contributed by atoms with Gasteiger partial charge in [0.25, 0.3) is 0 Å². The van der Waals surface area contributed by atoms with Crippen LogP contribution in [-0.2, 0) is 14.8 Å². The van der Waals surface area contributed by atoms with Gasteiger partial charge in [-0.25, -0.2) is 13.1 Å². The molecule has 1 aromatic carbocycles. The summed E-state index contributed by atoms with van der Waals surface area (Å²) in [5, 5.41) is 3.19. The van der Waals surface area contributed by atoms with Gasteiger partial charge in [-0.3, -0.25) is 0 Å². The van der Waals surface area contributed by atoms with Crippen molar-refractivity contribution in [3.05, 3.63) is 24.3 Å². The minimum atomic E-state index is -3.48. The molecular weight excluding hydrogens is 340 g/mol. The number of rotatable bonds is 8. The molecular formula is C15H25ClN2O4S. The van der Waals surface area contributed by atoms with E-state index in [4.69, 9.17) is 9.47 Å². The molecule has 0 spiro atoms. The van der Waals surface area contributed by atoms with Gasteiger partial charge in [0, 0.05) is 19.2 Å². The molecule has 0 amide bonds. The number of nitrogens with one attached hydrogen (secondary N) is 2. The number of hydrogen-bond acceptors (Lipinski definition) is 5. The van der Waals surface area contributed by atoms with Gasteiger partial charge in [0.15, 0.2) is 0 Å². The lowest BCUT2D eigenvalue weighted by Crippen LogP contribution is -2.45. The predicted molar refractivity (Wildman–Crippen MR) is 91.9 cm³/mol. The van der Waals surface area contributed by atoms with Gasteiger partial charge >= 0.3 is 0 Å². The molecule has 6 nitrogen and oxygen atoms in total. The number of ether oxygens (including phenoxy) is 2. The highest BCUT2D eigenvalue weighted by atomic mass is 35.5. The van der Waals surface area contributed by atoms with Crippen LogP contribution in [-0.4, -0.2) is 47.4 Å². The third-order valence-corrected chi connectivity index (χ3v) is 4.99. The smallest absolute Gasteiger partial charge is 0.240 e. The lowest BCUT2D eigenvalue weighted by molar-refractivity contribution is 0.110. The molecule has 132 valence electrons. The molecule has 2 rings (SSSR count). The summed E-state index contributed by atoms with van der Waals surface area (Å²) < 4.78 is 38.0. The van der Waals surface area contributed by atoms with E-state index >= 15 is 0 Å². The maximum Gasteiger partial charge on any atom is 0.240 e. The molecule has 1 unspecified atom stereocenters. The zero-order valence-corrected chi connectivity index (χ0v) is 14.9. The lowest BCUT2D eigenvalue weighted by Gasteiger charge is -2.23. The summed E-state index contributed by atoms with van der Waals surface area (Å²) in [4.78, 5) is 0.259. The minimum absolute atomic E-state index is 0. The first-order chi connectivity index (χ1) is 10.6. The van der Waals surface area contributed by atoms with Crippen molar-refractivity contribution >= 4 is 22.4 Å². The zero-order chi connectivity index (χ0) is 15.8. The lowest BCUT2D eigenvalue weighted by atomic mass is 10.1. The van der Waals surface area contributed by atoms with Gasteiger partial charge in [-0.2, -0.15) is 0 Å². The van der Waals surface area contributed by atoms with Gasteiger partial charge in [-0.05, 0) is 50.6 Å². The topological polar surface area (TPSA) is 76.7 Å². The van der Waals surface area contributed by atoms with E-state index < -0.39 is 10.0 Å². The van der Waals surface area contributed by atoms with Crippen LogP contribution in [0.25, 0.3) is 0 Å². The van der Waals surface area contributed by atoms with Crippen molar-refractivity contribution in [1.82, 2.24) is 10.0 Å². The summed E-state index contributed by atoms with van der Waals surface area (Å²) in [6, 6.07) is 6.42. The molecule has 1 atom stereocenters. The fourth-order valence-electron chi connectivity index (χ4n) is 2.32. The quantitative estimate of drug-likeness (QED) is 0.684. The van der Waals surface area contributed by atoms with Crippen molar-refractivity contribution in [1.29, 1.82) is 0 Å². The second-order valence-corrected chi connectivity index (χ2v) is 6.90. The molecule has 1 fully saturated rings. The molecule has 0 aliphatic carbocycles. The van der Waals surface area contributed by atoms with Crippen molar-refractivity contribution in [2.45, 2.75) is 30.7 Å². The molecule has 0 radical (unpaired) electrons. The fourth-order valence-corrected chi connectivity index (χ4v) is 3.59. The summed E-state index contributed by atoms with van der Waals surface area (Å²) in [7, 11) is -3.48. The van der Waals surface area contributed by atoms with Gasteiger partial charge in [0.2, 0.25) is 10.0 Å². The molecule has 2 N–H and O–H groups in total. The first kappa shape index (κ1) is 20.2. The summed E-state index contributed by atoms with van der Waals surface area (Å²) in [6.07, 6.45) is 1.85. The highest BCUT2D eigenvalue weighted by Gasteiger charge is 2.21. The van der Waals surface area contributed by atoms with E-state index in [1.54, 1.807) is 24.3 Å². The Hall–Kier alpha value is -0.860. The average molecular weight is 365 g/mol. The van der Waals surface area contributed by atoms with Crippen LogP contribution in [0.5, 0.6) is 5.75 Å². The van der Waals surface area contributed by atoms with Gasteiger partial charge in [0.1, 0.15) is 12.4 Å². The molecule has 1 saturated heterocycles. The Morgan fingerprint density at radius 1 is 1.26 bits per heavy atom. The van der Waals surface area contributed by atoms with Gasteiger partial charge < -0.3 is 14.8 Å². The van der Waals surface area contributed by atoms with Crippen LogP contribution in [0.15, 0.2) is 29.2 Å². The molecule has 0 bridgehead atoms. The summed E-state index contributed by atoms with van der Waals surface area (Å²) >= 11 is 0. The molecule has 1 aromatic rings. The summed E-state index contributed by atoms with van der Waals surface area (Å²) in [5.74, 6) is 0.637. The van der Waals surface area contributed by atoms with Crippen molar-refractivity contribution in [3.63, 3.8) is 0 Å². The normalized spacial score (nSPS) is 18.2. The monoisotopic (exact) mass is 364 g/mol. The molecule has 8 heteroatoms. The van der Waals surface area contributed by atoms with Crippen LogP contribution in [0.3, 0.4) is 0 Å². The summed E-state index contributed by atoms with van der Waals surface area (Å²) in [6.45, 7) is 5.18. The number of halogens is 1. The van der Waals surface area contributed by atoms with E-state index in [0.717, 1.165) is 19.4 Å². The van der Waals surface area contributed by atoms with Gasteiger partial charge in [0.05, 0.1) is 11.5 Å². The Bertz CT molecular complexity index is 545. The Morgan fingerprint density at radius 2 is 2.00 bits per heavy atom. The van der Waals surface area contributed by atoms with Crippen LogP contribution >= 0.6 is 12.4 Å². The Morgan fingerprint density at radius 3 is 2.61 bits per heavy atom. The fraction of sp³-hybridized carbons (Fsp3) is 0.600. The van der Waals surface area contributed by atoms with Crippen molar-refractivity contribution in [3.8, 4) is 5.75 Å². The molecule has 0 saturated carbocycles. The van der Waals surface area contributed by atoms with Crippen molar-refractivity contribution < 1.29 is 17.9 Å². The number of hydrogen-bond donors (Lipinski definition) is 2. The predicted octanol–water partition coefficient (Wildman–Crippen LogP) is 1.55. The maximum absolute atomic E-state index is 12.3. The molecule has 1 heterocycles. The van der Waals surface area contributed by atoms with E-state index in [-0.39, 0.29) is 23.3 Å². The van der Waals surface area contributed by atoms with E-state index in [2.05, 4.69) is 10.0 Å². The summed E-state index contributed by atoms with van der Waals surface area (Å²) in [5.41, 5.74) is 0. The molecule has 0 aromatic heterocycles. The maximum atomic E-state index is 12.3. The van der Waals surface area contributed by atoms with Crippen LogP contribution in [0, 0.1) is 0 Å². The molecule has 23 heavy (non-hydrogen) atoms. The number of benzene rings is 1. The molecule has 1 aliphatic heterocycles. The third-order valence-electron chi connectivity index (χ3n) is 3.45. The second-order valence-electron chi connectivity index (χ2n) is 5.18. The Kier molecular flexibility index (Phi) is 8.86. The third kappa shape index (κ3) is 6.64. The van der Waals surface area contributed by atoms with Gasteiger partial charge in [-0.1, -0.05) is 0 Å². The largest absolute Gasteiger partial charge is 0.491 e. The zero-order valence-electron chi connectivity index (χ0n) is 13.3. The second kappa shape index (κ2) is 10.1. The van der Waals surface area contributed by atoms with E-state index in [0.29, 0.717) is 32.1 Å². The van der Waals surface area contributed by atoms with Crippen LogP contribution in [0.1, 0.15) is 19.8 Å². The van der Waals surface area contributed by atoms with Gasteiger partial charge in [-0.15, -0.1) is 12.4 Å². The minimum Gasteiger partial charge on any atom is -0.491 e. The Balaban J connectivity index is 0.00000264. The van der Waals surface area contributed by atoms with Crippen LogP contribution < -0.4 is 14.8 Å². The van der Waals surface area contributed by atoms with Crippen LogP contribution in [0.4, 0.5) is 0 Å². The Labute approximate surface area is 144 Å². The van der Waals surface area contributed by atoms with E-state index in [1.807, 2.05) is 6.92 Å². The highest BCUT2D eigenvalue weighted by Crippen LogP contribution is 2.17. The first-order valence-corrected chi connectivity index (χ1v) is 9.14. The average Bonchev–Trinajstić information content (AvgIpc) is 2.53. The van der Waals surface area contributed by atoms with Crippen LogP contribution in [0.2, 0.25) is 0 Å². The van der Waals surface area contributed by atoms with E-state index in [1.165, 1.54) is 0 Å². The number of sulfonamides is 1. The standard InChI is InChI=1S/C15H24N2O4S.ClH/c1-2-20-10-11-21-14-5-7-15(8-6-14)22(18,19)17-13-4-3-9-16-12-13;/h5-8,13,16-17H,2-4,9-12H2,1H3;1H. The SMILES string of the molecule is CCOCCOc1ccc(S(=O)(=O)NC2CCCNC2)cc1.Cl. The van der Waals surface area contributed by atoms with Crippen molar-refractivity contribution in [2.24, 2.45) is 0 Å². The highest BCUT2D eigenvalue weighted by molar-refractivity contribution is 7.89. The van der Waals surface area contributed by atoms with E-state index in [9.17, 15) is 8.42 Å². The first-order valence-electron chi connectivity index (χ1n) is 7.65.